The summed E-state index contributed by atoms with van der Waals surface area (Å²) in [5, 5.41) is 4.09. The molecule has 0 radical (unpaired) electrons. The van der Waals surface area contributed by atoms with E-state index in [9.17, 15) is 4.79 Å². The molecule has 1 aliphatic rings. The standard InChI is InChI=1S/C28H37N5OS/c1-2-3-4-6-9-23-12-14-25(15-13-23)27(34)29-16-17-32-18-20-33(21-19-32)28-30-26(31-35-28)22-24-10-7-5-8-11-24/h5,7-8,10-15H,2-4,6,9,16-22H2,1H3,(H,29,34). The molecule has 4 rings (SSSR count). The fourth-order valence-corrected chi connectivity index (χ4v) is 5.13. The molecule has 35 heavy (non-hydrogen) atoms. The first-order chi connectivity index (χ1) is 17.2. The number of hydrogen-bond donors (Lipinski definition) is 1. The minimum atomic E-state index is 0.0148. The lowest BCUT2D eigenvalue weighted by Crippen LogP contribution is -2.48. The van der Waals surface area contributed by atoms with Gasteiger partial charge in [0.1, 0.15) is 5.82 Å². The van der Waals surface area contributed by atoms with Crippen molar-refractivity contribution in [3.05, 3.63) is 77.1 Å². The van der Waals surface area contributed by atoms with Gasteiger partial charge in [-0.1, -0.05) is 68.7 Å². The van der Waals surface area contributed by atoms with Crippen molar-refractivity contribution in [2.75, 3.05) is 44.2 Å². The number of hydrogen-bond acceptors (Lipinski definition) is 6. The van der Waals surface area contributed by atoms with Crippen LogP contribution in [0.1, 0.15) is 59.9 Å². The molecule has 0 saturated carbocycles. The second-order valence-electron chi connectivity index (χ2n) is 9.25. The molecule has 0 atom stereocenters. The number of benzene rings is 2. The van der Waals surface area contributed by atoms with Gasteiger partial charge in [0.2, 0.25) is 5.13 Å². The summed E-state index contributed by atoms with van der Waals surface area (Å²) in [7, 11) is 0. The zero-order valence-electron chi connectivity index (χ0n) is 20.8. The van der Waals surface area contributed by atoms with Gasteiger partial charge >= 0.3 is 0 Å². The molecule has 186 valence electrons. The first kappa shape index (κ1) is 25.3. The molecule has 1 fully saturated rings. The van der Waals surface area contributed by atoms with Crippen LogP contribution in [0.25, 0.3) is 0 Å². The van der Waals surface area contributed by atoms with E-state index < -0.39 is 0 Å². The molecule has 3 aromatic rings. The Balaban J connectivity index is 1.14. The van der Waals surface area contributed by atoms with Crippen LogP contribution in [-0.4, -0.2) is 59.4 Å². The third-order valence-electron chi connectivity index (χ3n) is 6.55. The van der Waals surface area contributed by atoms with Gasteiger partial charge in [0, 0.05) is 62.8 Å². The van der Waals surface area contributed by atoms with Crippen molar-refractivity contribution in [2.24, 2.45) is 0 Å². The van der Waals surface area contributed by atoms with Crippen LogP contribution < -0.4 is 10.2 Å². The second-order valence-corrected chi connectivity index (χ2v) is 9.98. The third kappa shape index (κ3) is 7.87. The number of aryl methyl sites for hydroxylation is 1. The van der Waals surface area contributed by atoms with E-state index in [2.05, 4.69) is 62.8 Å². The number of carbonyl (C=O) groups is 1. The van der Waals surface area contributed by atoms with Gasteiger partial charge in [-0.15, -0.1) is 0 Å². The number of aromatic nitrogens is 2. The van der Waals surface area contributed by atoms with Gasteiger partial charge in [-0.05, 0) is 36.1 Å². The Hall–Kier alpha value is -2.77. The molecule has 1 saturated heterocycles. The molecule has 0 unspecified atom stereocenters. The highest BCUT2D eigenvalue weighted by molar-refractivity contribution is 7.09. The van der Waals surface area contributed by atoms with Crippen molar-refractivity contribution in [2.45, 2.75) is 45.4 Å². The number of unbranched alkanes of at least 4 members (excludes halogenated alkanes) is 3. The normalized spacial score (nSPS) is 14.3. The lowest BCUT2D eigenvalue weighted by Gasteiger charge is -2.34. The number of amides is 1. The van der Waals surface area contributed by atoms with E-state index in [-0.39, 0.29) is 5.91 Å². The summed E-state index contributed by atoms with van der Waals surface area (Å²) in [6, 6.07) is 18.5. The maximum Gasteiger partial charge on any atom is 0.251 e. The topological polar surface area (TPSA) is 61.4 Å². The van der Waals surface area contributed by atoms with Gasteiger partial charge in [-0.2, -0.15) is 4.37 Å². The summed E-state index contributed by atoms with van der Waals surface area (Å²) in [5.74, 6) is 0.909. The lowest BCUT2D eigenvalue weighted by molar-refractivity contribution is 0.0948. The van der Waals surface area contributed by atoms with Crippen LogP contribution in [0.15, 0.2) is 54.6 Å². The van der Waals surface area contributed by atoms with Gasteiger partial charge in [0.05, 0.1) is 0 Å². The molecular weight excluding hydrogens is 454 g/mol. The number of piperazine rings is 1. The minimum absolute atomic E-state index is 0.0148. The van der Waals surface area contributed by atoms with Crippen molar-refractivity contribution >= 4 is 22.6 Å². The van der Waals surface area contributed by atoms with Gasteiger partial charge < -0.3 is 10.2 Å². The number of nitrogens with zero attached hydrogens (tertiary/aromatic N) is 4. The molecule has 0 aliphatic carbocycles. The highest BCUT2D eigenvalue weighted by atomic mass is 32.1. The van der Waals surface area contributed by atoms with Crippen LogP contribution in [-0.2, 0) is 12.8 Å². The molecule has 1 aliphatic heterocycles. The average Bonchev–Trinajstić information content (AvgIpc) is 3.36. The van der Waals surface area contributed by atoms with Crippen molar-refractivity contribution in [1.82, 2.24) is 19.6 Å². The number of rotatable bonds is 12. The Morgan fingerprint density at radius 1 is 0.943 bits per heavy atom. The van der Waals surface area contributed by atoms with E-state index >= 15 is 0 Å². The smallest absolute Gasteiger partial charge is 0.251 e. The summed E-state index contributed by atoms with van der Waals surface area (Å²) in [4.78, 5) is 22.0. The molecular formula is C28H37N5OS. The van der Waals surface area contributed by atoms with Crippen molar-refractivity contribution in [1.29, 1.82) is 0 Å². The number of nitrogens with one attached hydrogen (secondary N) is 1. The van der Waals surface area contributed by atoms with Crippen LogP contribution in [0.2, 0.25) is 0 Å². The molecule has 0 spiro atoms. The first-order valence-electron chi connectivity index (χ1n) is 12.9. The molecule has 1 N–H and O–H groups in total. The maximum absolute atomic E-state index is 12.5. The number of anilines is 1. The Morgan fingerprint density at radius 2 is 1.71 bits per heavy atom. The van der Waals surface area contributed by atoms with Crippen LogP contribution in [0.4, 0.5) is 5.13 Å². The van der Waals surface area contributed by atoms with E-state index in [1.807, 2.05) is 18.2 Å². The Labute approximate surface area is 213 Å². The fourth-order valence-electron chi connectivity index (χ4n) is 4.39. The van der Waals surface area contributed by atoms with Crippen LogP contribution in [0.5, 0.6) is 0 Å². The first-order valence-corrected chi connectivity index (χ1v) is 13.7. The number of carbonyl (C=O) groups excluding carboxylic acids is 1. The zero-order valence-corrected chi connectivity index (χ0v) is 21.6. The molecule has 0 bridgehead atoms. The van der Waals surface area contributed by atoms with Crippen LogP contribution in [0, 0.1) is 0 Å². The third-order valence-corrected chi connectivity index (χ3v) is 7.37. The van der Waals surface area contributed by atoms with Crippen LogP contribution >= 0.6 is 11.5 Å². The lowest BCUT2D eigenvalue weighted by atomic mass is 10.0. The van der Waals surface area contributed by atoms with Gasteiger partial charge in [-0.3, -0.25) is 9.69 Å². The monoisotopic (exact) mass is 491 g/mol. The summed E-state index contributed by atoms with van der Waals surface area (Å²) < 4.78 is 4.56. The van der Waals surface area contributed by atoms with E-state index in [1.165, 1.54) is 48.3 Å². The van der Waals surface area contributed by atoms with E-state index in [0.717, 1.165) is 62.1 Å². The maximum atomic E-state index is 12.5. The van der Waals surface area contributed by atoms with Crippen molar-refractivity contribution in [3.63, 3.8) is 0 Å². The predicted molar refractivity (Wildman–Crippen MR) is 144 cm³/mol. The Kier molecular flexibility index (Phi) is 9.66. The minimum Gasteiger partial charge on any atom is -0.351 e. The largest absolute Gasteiger partial charge is 0.351 e. The highest BCUT2D eigenvalue weighted by Crippen LogP contribution is 2.20. The fraction of sp³-hybridized carbons (Fsp3) is 0.464. The van der Waals surface area contributed by atoms with Crippen molar-refractivity contribution in [3.8, 4) is 0 Å². The zero-order chi connectivity index (χ0) is 24.3. The SMILES string of the molecule is CCCCCCc1ccc(C(=O)NCCN2CCN(c3nc(Cc4ccccc4)ns3)CC2)cc1. The molecule has 2 heterocycles. The molecule has 7 heteroatoms. The molecule has 1 amide bonds. The average molecular weight is 492 g/mol. The molecule has 2 aromatic carbocycles. The van der Waals surface area contributed by atoms with E-state index in [4.69, 9.17) is 4.98 Å². The Morgan fingerprint density at radius 3 is 2.46 bits per heavy atom. The van der Waals surface area contributed by atoms with Crippen LogP contribution in [0.3, 0.4) is 0 Å². The predicted octanol–water partition coefficient (Wildman–Crippen LogP) is 4.80. The van der Waals surface area contributed by atoms with Crippen molar-refractivity contribution < 1.29 is 4.79 Å². The van der Waals surface area contributed by atoms with E-state index in [0.29, 0.717) is 6.54 Å². The van der Waals surface area contributed by atoms with E-state index in [1.54, 1.807) is 0 Å². The summed E-state index contributed by atoms with van der Waals surface area (Å²) in [6.07, 6.45) is 6.93. The molecule has 1 aromatic heterocycles. The molecule has 6 nitrogen and oxygen atoms in total. The van der Waals surface area contributed by atoms with Gasteiger partial charge in [-0.25, -0.2) is 4.98 Å². The summed E-state index contributed by atoms with van der Waals surface area (Å²) >= 11 is 1.49. The quantitative estimate of drug-likeness (QED) is 0.369. The highest BCUT2D eigenvalue weighted by Gasteiger charge is 2.20. The Bertz CT molecular complexity index is 1030. The summed E-state index contributed by atoms with van der Waals surface area (Å²) in [6.45, 7) is 7.58. The van der Waals surface area contributed by atoms with Gasteiger partial charge in [0.15, 0.2) is 0 Å². The second kappa shape index (κ2) is 13.4. The summed E-state index contributed by atoms with van der Waals surface area (Å²) in [5.41, 5.74) is 3.30. The van der Waals surface area contributed by atoms with Gasteiger partial charge in [0.25, 0.3) is 5.91 Å².